The maximum atomic E-state index is 12.8. The number of piperazine rings is 1. The minimum absolute atomic E-state index is 0.0915. The summed E-state index contributed by atoms with van der Waals surface area (Å²) in [6.07, 6.45) is 1.02. The van der Waals surface area contributed by atoms with Gasteiger partial charge in [0.15, 0.2) is 0 Å². The highest BCUT2D eigenvalue weighted by atomic mass is 16.5. The summed E-state index contributed by atoms with van der Waals surface area (Å²) in [7, 11) is 1.91. The topological polar surface area (TPSA) is 36.0 Å². The Labute approximate surface area is 173 Å². The maximum Gasteiger partial charge on any atom is 0.236 e. The number of likely N-dealkylation sites (N-methyl/N-ethyl adjacent to an activating group) is 1. The molecule has 0 saturated carbocycles. The van der Waals surface area contributed by atoms with Crippen LogP contribution in [0.2, 0.25) is 0 Å². The molecule has 5 nitrogen and oxygen atoms in total. The molecule has 154 valence electrons. The van der Waals surface area contributed by atoms with Gasteiger partial charge < -0.3 is 9.64 Å². The lowest BCUT2D eigenvalue weighted by Gasteiger charge is -2.35. The van der Waals surface area contributed by atoms with Crippen molar-refractivity contribution in [3.8, 4) is 5.75 Å². The van der Waals surface area contributed by atoms with Crippen LogP contribution in [0, 0.1) is 0 Å². The van der Waals surface area contributed by atoms with Gasteiger partial charge in [-0.05, 0) is 29.7 Å². The van der Waals surface area contributed by atoms with E-state index in [2.05, 4.69) is 47.1 Å². The largest absolute Gasteiger partial charge is 0.493 e. The Morgan fingerprint density at radius 2 is 1.79 bits per heavy atom. The van der Waals surface area contributed by atoms with Gasteiger partial charge in [0.05, 0.1) is 19.2 Å². The lowest BCUT2D eigenvalue weighted by molar-refractivity contribution is -0.133. The number of fused-ring (bicyclic) bond motifs is 1. The normalized spacial score (nSPS) is 18.1. The predicted octanol–water partition coefficient (Wildman–Crippen LogP) is 2.96. The molecule has 5 heteroatoms. The summed E-state index contributed by atoms with van der Waals surface area (Å²) in [6.45, 7) is 8.24. The van der Waals surface area contributed by atoms with Crippen molar-refractivity contribution in [2.24, 2.45) is 0 Å². The molecule has 4 rings (SSSR count). The van der Waals surface area contributed by atoms with Gasteiger partial charge >= 0.3 is 0 Å². The summed E-state index contributed by atoms with van der Waals surface area (Å²) < 4.78 is 5.60. The summed E-state index contributed by atoms with van der Waals surface area (Å²) in [6, 6.07) is 16.9. The van der Waals surface area contributed by atoms with Crippen molar-refractivity contribution in [3.63, 3.8) is 0 Å². The average Bonchev–Trinajstić information content (AvgIpc) is 3.22. The first-order valence-corrected chi connectivity index (χ1v) is 10.6. The number of hydrogen-bond acceptors (Lipinski definition) is 4. The second kappa shape index (κ2) is 8.97. The molecule has 0 aliphatic carbocycles. The van der Waals surface area contributed by atoms with Crippen molar-refractivity contribution >= 4 is 5.91 Å². The van der Waals surface area contributed by atoms with Gasteiger partial charge in [-0.1, -0.05) is 42.5 Å². The molecule has 2 heterocycles. The Morgan fingerprint density at radius 1 is 1.07 bits per heavy atom. The fraction of sp³-hybridized carbons (Fsp3) is 0.458. The van der Waals surface area contributed by atoms with Gasteiger partial charge in [-0.25, -0.2) is 0 Å². The summed E-state index contributed by atoms with van der Waals surface area (Å²) >= 11 is 0. The molecular formula is C24H31N3O2. The molecule has 0 bridgehead atoms. The monoisotopic (exact) mass is 393 g/mol. The summed E-state index contributed by atoms with van der Waals surface area (Å²) in [5.74, 6) is 1.24. The molecule has 1 atom stereocenters. The Bertz CT molecular complexity index is 831. The number of amides is 1. The molecule has 1 amide bonds. The number of ether oxygens (including phenoxy) is 1. The van der Waals surface area contributed by atoms with Gasteiger partial charge in [0, 0.05) is 46.2 Å². The lowest BCUT2D eigenvalue weighted by atomic mass is 10.1. The number of hydrogen-bond donors (Lipinski definition) is 0. The van der Waals surface area contributed by atoms with Gasteiger partial charge in [-0.15, -0.1) is 0 Å². The molecule has 0 radical (unpaired) electrons. The third kappa shape index (κ3) is 4.80. The fourth-order valence-electron chi connectivity index (χ4n) is 4.18. The third-order valence-electron chi connectivity index (χ3n) is 6.24. The van der Waals surface area contributed by atoms with Crippen LogP contribution in [-0.2, 0) is 17.8 Å². The molecule has 0 N–H and O–H groups in total. The van der Waals surface area contributed by atoms with Crippen molar-refractivity contribution in [2.45, 2.75) is 25.9 Å². The molecule has 1 fully saturated rings. The molecule has 1 saturated heterocycles. The molecule has 0 spiro atoms. The Balaban J connectivity index is 1.25. The number of rotatable bonds is 6. The van der Waals surface area contributed by atoms with Crippen LogP contribution in [0.3, 0.4) is 0 Å². The zero-order valence-corrected chi connectivity index (χ0v) is 17.5. The van der Waals surface area contributed by atoms with Crippen LogP contribution in [0.25, 0.3) is 0 Å². The van der Waals surface area contributed by atoms with Crippen LogP contribution in [0.1, 0.15) is 29.7 Å². The number of carbonyl (C=O) groups is 1. The molecule has 2 aliphatic heterocycles. The van der Waals surface area contributed by atoms with Gasteiger partial charge in [0.2, 0.25) is 5.91 Å². The van der Waals surface area contributed by atoms with E-state index in [4.69, 9.17) is 4.74 Å². The summed E-state index contributed by atoms with van der Waals surface area (Å²) in [4.78, 5) is 19.4. The SMILES string of the molecule is C[C@@H](c1ccccc1)N(C)C(=O)CN1CCN(Cc2ccc3c(c2)CCO3)CC1. The van der Waals surface area contributed by atoms with Gasteiger partial charge in [-0.3, -0.25) is 14.6 Å². The highest BCUT2D eigenvalue weighted by Crippen LogP contribution is 2.26. The zero-order valence-electron chi connectivity index (χ0n) is 17.5. The van der Waals surface area contributed by atoms with E-state index in [9.17, 15) is 4.79 Å². The van der Waals surface area contributed by atoms with E-state index in [0.29, 0.717) is 6.54 Å². The minimum atomic E-state index is 0.0915. The molecular weight excluding hydrogens is 362 g/mol. The van der Waals surface area contributed by atoms with Crippen molar-refractivity contribution in [1.82, 2.24) is 14.7 Å². The first-order valence-electron chi connectivity index (χ1n) is 10.6. The molecule has 29 heavy (non-hydrogen) atoms. The first kappa shape index (κ1) is 19.9. The van der Waals surface area contributed by atoms with E-state index in [0.717, 1.165) is 51.5 Å². The second-order valence-corrected chi connectivity index (χ2v) is 8.18. The highest BCUT2D eigenvalue weighted by molar-refractivity contribution is 5.78. The molecule has 2 aliphatic rings. The maximum absolute atomic E-state index is 12.8. The van der Waals surface area contributed by atoms with Crippen LogP contribution < -0.4 is 4.74 Å². The van der Waals surface area contributed by atoms with Crippen LogP contribution in [0.5, 0.6) is 5.75 Å². The van der Waals surface area contributed by atoms with Crippen LogP contribution in [0.4, 0.5) is 0 Å². The Hall–Kier alpha value is -2.37. The van der Waals surface area contributed by atoms with E-state index < -0.39 is 0 Å². The minimum Gasteiger partial charge on any atom is -0.493 e. The summed E-state index contributed by atoms with van der Waals surface area (Å²) in [5.41, 5.74) is 3.87. The van der Waals surface area contributed by atoms with E-state index in [-0.39, 0.29) is 11.9 Å². The third-order valence-corrected chi connectivity index (χ3v) is 6.24. The molecule has 2 aromatic rings. The van der Waals surface area contributed by atoms with Gasteiger partial charge in [-0.2, -0.15) is 0 Å². The van der Waals surface area contributed by atoms with Crippen LogP contribution >= 0.6 is 0 Å². The van der Waals surface area contributed by atoms with Gasteiger partial charge in [0.25, 0.3) is 0 Å². The summed E-state index contributed by atoms with van der Waals surface area (Å²) in [5, 5.41) is 0. The van der Waals surface area contributed by atoms with E-state index >= 15 is 0 Å². The van der Waals surface area contributed by atoms with Crippen LogP contribution in [0.15, 0.2) is 48.5 Å². The van der Waals surface area contributed by atoms with Crippen molar-refractivity contribution in [3.05, 3.63) is 65.2 Å². The van der Waals surface area contributed by atoms with Crippen molar-refractivity contribution in [1.29, 1.82) is 0 Å². The van der Waals surface area contributed by atoms with E-state index in [1.54, 1.807) is 0 Å². The van der Waals surface area contributed by atoms with Gasteiger partial charge in [0.1, 0.15) is 5.75 Å². The Morgan fingerprint density at radius 3 is 2.55 bits per heavy atom. The second-order valence-electron chi connectivity index (χ2n) is 8.18. The highest BCUT2D eigenvalue weighted by Gasteiger charge is 2.23. The zero-order chi connectivity index (χ0) is 20.2. The lowest BCUT2D eigenvalue weighted by Crippen LogP contribution is -2.49. The fourth-order valence-corrected chi connectivity index (χ4v) is 4.18. The van der Waals surface area contributed by atoms with Crippen LogP contribution in [-0.4, -0.2) is 67.0 Å². The molecule has 0 unspecified atom stereocenters. The van der Waals surface area contributed by atoms with Crippen molar-refractivity contribution < 1.29 is 9.53 Å². The standard InChI is InChI=1S/C24H31N3O2/c1-19(21-6-4-3-5-7-21)25(2)24(28)18-27-13-11-26(12-14-27)17-20-8-9-23-22(16-20)10-15-29-23/h3-9,16,19H,10-15,17-18H2,1-2H3/t19-/m0/s1. The smallest absolute Gasteiger partial charge is 0.236 e. The quantitative estimate of drug-likeness (QED) is 0.756. The number of benzene rings is 2. The first-order chi connectivity index (χ1) is 14.1. The Kier molecular flexibility index (Phi) is 6.16. The van der Waals surface area contributed by atoms with E-state index in [1.165, 1.54) is 16.7 Å². The number of carbonyl (C=O) groups excluding carboxylic acids is 1. The van der Waals surface area contributed by atoms with Crippen molar-refractivity contribution in [2.75, 3.05) is 46.4 Å². The van der Waals surface area contributed by atoms with E-state index in [1.807, 2.05) is 30.1 Å². The number of nitrogens with zero attached hydrogens (tertiary/aromatic N) is 3. The predicted molar refractivity (Wildman–Crippen MR) is 115 cm³/mol. The average molecular weight is 394 g/mol. The molecule has 0 aromatic heterocycles. The molecule has 2 aromatic carbocycles.